The summed E-state index contributed by atoms with van der Waals surface area (Å²) in [6, 6.07) is 15.3. The third kappa shape index (κ3) is 2.64. The van der Waals surface area contributed by atoms with Crippen LogP contribution in [0.25, 0.3) is 0 Å². The number of anilines is 1. The SMILES string of the molecule is C[C@@]1(N/N=C(\S)c2ccccc2)C(=O)Nc2ccc(Br)cc21. The van der Waals surface area contributed by atoms with E-state index in [4.69, 9.17) is 0 Å². The fourth-order valence-corrected chi connectivity index (χ4v) is 2.90. The summed E-state index contributed by atoms with van der Waals surface area (Å²) in [7, 11) is 0. The standard InChI is InChI=1S/C16H14BrN3OS/c1-16(20-19-14(22)10-5-3-2-4-6-10)12-9-11(17)7-8-13(12)18-15(16)21/h2-9,20H,1H3,(H,18,21)(H,19,22)/t16-/m0/s1. The Hall–Kier alpha value is -1.79. The van der Waals surface area contributed by atoms with Crippen molar-refractivity contribution in [1.82, 2.24) is 5.43 Å². The highest BCUT2D eigenvalue weighted by molar-refractivity contribution is 9.10. The van der Waals surface area contributed by atoms with Gasteiger partial charge >= 0.3 is 0 Å². The van der Waals surface area contributed by atoms with Gasteiger partial charge in [0.1, 0.15) is 5.04 Å². The van der Waals surface area contributed by atoms with E-state index in [9.17, 15) is 4.79 Å². The summed E-state index contributed by atoms with van der Waals surface area (Å²) >= 11 is 7.83. The molecule has 1 heterocycles. The topological polar surface area (TPSA) is 53.5 Å². The first-order valence-electron chi connectivity index (χ1n) is 6.71. The van der Waals surface area contributed by atoms with Crippen LogP contribution < -0.4 is 10.7 Å². The lowest BCUT2D eigenvalue weighted by molar-refractivity contribution is -0.121. The zero-order valence-corrected chi connectivity index (χ0v) is 14.3. The molecule has 112 valence electrons. The highest BCUT2D eigenvalue weighted by Crippen LogP contribution is 2.37. The van der Waals surface area contributed by atoms with Gasteiger partial charge in [-0.3, -0.25) is 10.2 Å². The average molecular weight is 376 g/mol. The second-order valence-electron chi connectivity index (χ2n) is 5.18. The van der Waals surface area contributed by atoms with Gasteiger partial charge in [-0.05, 0) is 25.1 Å². The first-order valence-corrected chi connectivity index (χ1v) is 7.95. The monoisotopic (exact) mass is 375 g/mol. The third-order valence-corrected chi connectivity index (χ3v) is 4.49. The Labute approximate surface area is 142 Å². The van der Waals surface area contributed by atoms with Crippen molar-refractivity contribution in [2.24, 2.45) is 5.10 Å². The molecular formula is C16H14BrN3OS. The molecular weight excluding hydrogens is 362 g/mol. The number of rotatable bonds is 3. The molecule has 1 atom stereocenters. The van der Waals surface area contributed by atoms with Crippen LogP contribution in [0.5, 0.6) is 0 Å². The molecule has 1 amide bonds. The van der Waals surface area contributed by atoms with Crippen molar-refractivity contribution in [2.45, 2.75) is 12.5 Å². The zero-order chi connectivity index (χ0) is 15.7. The molecule has 0 aliphatic carbocycles. The fourth-order valence-electron chi connectivity index (χ4n) is 2.34. The van der Waals surface area contributed by atoms with Gasteiger partial charge in [-0.15, -0.1) is 12.6 Å². The van der Waals surface area contributed by atoms with Gasteiger partial charge in [0.2, 0.25) is 0 Å². The second kappa shape index (κ2) is 5.78. The van der Waals surface area contributed by atoms with Gasteiger partial charge in [0.05, 0.1) is 0 Å². The van der Waals surface area contributed by atoms with E-state index in [2.05, 4.69) is 44.4 Å². The van der Waals surface area contributed by atoms with Crippen molar-refractivity contribution >= 4 is 45.2 Å². The van der Waals surface area contributed by atoms with Gasteiger partial charge in [0, 0.05) is 21.3 Å². The molecule has 0 spiro atoms. The number of nitrogens with one attached hydrogen (secondary N) is 2. The molecule has 1 aliphatic heterocycles. The minimum absolute atomic E-state index is 0.140. The van der Waals surface area contributed by atoms with Crippen LogP contribution in [0.4, 0.5) is 5.69 Å². The largest absolute Gasteiger partial charge is 0.323 e. The maximum absolute atomic E-state index is 12.3. The Bertz CT molecular complexity index is 763. The number of thiol groups is 1. The second-order valence-corrected chi connectivity index (χ2v) is 6.52. The normalized spacial score (nSPS) is 20.5. The lowest BCUT2D eigenvalue weighted by Gasteiger charge is -2.22. The Morgan fingerprint density at radius 2 is 2.00 bits per heavy atom. The Balaban J connectivity index is 1.92. The molecule has 0 radical (unpaired) electrons. The van der Waals surface area contributed by atoms with Gasteiger partial charge in [0.25, 0.3) is 5.91 Å². The van der Waals surface area contributed by atoms with Crippen molar-refractivity contribution < 1.29 is 4.79 Å². The predicted molar refractivity (Wildman–Crippen MR) is 95.2 cm³/mol. The molecule has 2 N–H and O–H groups in total. The maximum atomic E-state index is 12.3. The molecule has 6 heteroatoms. The van der Waals surface area contributed by atoms with Gasteiger partial charge in [0.15, 0.2) is 5.54 Å². The van der Waals surface area contributed by atoms with Crippen LogP contribution in [0.2, 0.25) is 0 Å². The van der Waals surface area contributed by atoms with Crippen LogP contribution in [0.3, 0.4) is 0 Å². The highest BCUT2D eigenvalue weighted by Gasteiger charge is 2.43. The third-order valence-electron chi connectivity index (χ3n) is 3.64. The summed E-state index contributed by atoms with van der Waals surface area (Å²) in [5.41, 5.74) is 4.57. The van der Waals surface area contributed by atoms with Crippen LogP contribution in [0.15, 0.2) is 58.1 Å². The van der Waals surface area contributed by atoms with Crippen molar-refractivity contribution in [1.29, 1.82) is 0 Å². The highest BCUT2D eigenvalue weighted by atomic mass is 79.9. The number of amides is 1. The minimum atomic E-state index is -0.929. The predicted octanol–water partition coefficient (Wildman–Crippen LogP) is 3.50. The summed E-state index contributed by atoms with van der Waals surface area (Å²) in [4.78, 5) is 12.3. The maximum Gasteiger partial charge on any atom is 0.256 e. The minimum Gasteiger partial charge on any atom is -0.323 e. The van der Waals surface area contributed by atoms with Crippen LogP contribution in [-0.4, -0.2) is 11.0 Å². The van der Waals surface area contributed by atoms with Crippen LogP contribution in [0.1, 0.15) is 18.1 Å². The van der Waals surface area contributed by atoms with Gasteiger partial charge in [-0.2, -0.15) is 5.10 Å². The number of hydrazone groups is 1. The quantitative estimate of drug-likeness (QED) is 0.332. The van der Waals surface area contributed by atoms with E-state index in [1.54, 1.807) is 6.92 Å². The number of nitrogens with zero attached hydrogens (tertiary/aromatic N) is 1. The summed E-state index contributed by atoms with van der Waals surface area (Å²) in [6.45, 7) is 1.80. The van der Waals surface area contributed by atoms with Crippen molar-refractivity contribution in [3.63, 3.8) is 0 Å². The fraction of sp³-hybridized carbons (Fsp3) is 0.125. The zero-order valence-electron chi connectivity index (χ0n) is 11.8. The molecule has 22 heavy (non-hydrogen) atoms. The van der Waals surface area contributed by atoms with E-state index in [1.165, 1.54) is 0 Å². The molecule has 0 bridgehead atoms. The summed E-state index contributed by atoms with van der Waals surface area (Å²) in [6.07, 6.45) is 0. The molecule has 2 aromatic carbocycles. The Kier molecular flexibility index (Phi) is 3.97. The van der Waals surface area contributed by atoms with Gasteiger partial charge in [-0.1, -0.05) is 46.3 Å². The molecule has 4 nitrogen and oxygen atoms in total. The number of carbonyl (C=O) groups is 1. The molecule has 0 saturated carbocycles. The van der Waals surface area contributed by atoms with E-state index in [1.807, 2.05) is 48.5 Å². The number of hydrogen-bond donors (Lipinski definition) is 3. The average Bonchev–Trinajstić information content (AvgIpc) is 2.78. The summed E-state index contributed by atoms with van der Waals surface area (Å²) < 4.78 is 0.911. The molecule has 0 saturated heterocycles. The molecule has 2 aromatic rings. The van der Waals surface area contributed by atoms with E-state index in [0.717, 1.165) is 21.3 Å². The smallest absolute Gasteiger partial charge is 0.256 e. The Morgan fingerprint density at radius 1 is 1.27 bits per heavy atom. The number of hydrogen-bond acceptors (Lipinski definition) is 3. The Morgan fingerprint density at radius 3 is 2.73 bits per heavy atom. The molecule has 0 unspecified atom stereocenters. The molecule has 1 aliphatic rings. The van der Waals surface area contributed by atoms with Crippen molar-refractivity contribution in [2.75, 3.05) is 5.32 Å². The van der Waals surface area contributed by atoms with Gasteiger partial charge in [-0.25, -0.2) is 0 Å². The summed E-state index contributed by atoms with van der Waals surface area (Å²) in [5.74, 6) is -0.140. The van der Waals surface area contributed by atoms with Crippen LogP contribution >= 0.6 is 28.6 Å². The van der Waals surface area contributed by atoms with E-state index in [0.29, 0.717) is 5.04 Å². The number of halogens is 1. The van der Waals surface area contributed by atoms with E-state index in [-0.39, 0.29) is 5.91 Å². The van der Waals surface area contributed by atoms with Crippen molar-refractivity contribution in [3.8, 4) is 0 Å². The summed E-state index contributed by atoms with van der Waals surface area (Å²) in [5, 5.41) is 7.67. The van der Waals surface area contributed by atoms with Crippen LogP contribution in [-0.2, 0) is 10.3 Å². The number of benzene rings is 2. The van der Waals surface area contributed by atoms with E-state index < -0.39 is 5.54 Å². The first-order chi connectivity index (χ1) is 10.5. The lowest BCUT2D eigenvalue weighted by Crippen LogP contribution is -2.43. The molecule has 3 rings (SSSR count). The van der Waals surface area contributed by atoms with Crippen LogP contribution in [0, 0.1) is 0 Å². The van der Waals surface area contributed by atoms with Gasteiger partial charge < -0.3 is 5.32 Å². The number of carbonyl (C=O) groups excluding carboxylic acids is 1. The van der Waals surface area contributed by atoms with E-state index >= 15 is 0 Å². The van der Waals surface area contributed by atoms with Crippen molar-refractivity contribution in [3.05, 3.63) is 64.1 Å². The molecule has 0 aromatic heterocycles. The molecule has 0 fully saturated rings. The first kappa shape index (κ1) is 15.1. The lowest BCUT2D eigenvalue weighted by atomic mass is 9.95. The number of fused-ring (bicyclic) bond motifs is 1.